The standard InChI is InChI=1S/C37H49N3O6/c1-24(2)17-18-26(4)40(35(43)31(23-27-14-10-9-11-15-27)39-36(44)46-37(5,6)7)32(30-16-12-13-25(3)33(30)41)34(42)38-28-19-21-29(45-8)22-20-28/h9-16,19-22,24,26,31-32,41H,17-18,23H2,1-8H3,(H,38,42)(H,39,44). The topological polar surface area (TPSA) is 117 Å². The van der Waals surface area contributed by atoms with Crippen LogP contribution >= 0.6 is 0 Å². The van der Waals surface area contributed by atoms with Gasteiger partial charge in [-0.05, 0) is 88.8 Å². The summed E-state index contributed by atoms with van der Waals surface area (Å²) in [5, 5.41) is 17.0. The molecule has 0 bridgehead atoms. The minimum Gasteiger partial charge on any atom is -0.507 e. The highest BCUT2D eigenvalue weighted by Crippen LogP contribution is 2.35. The van der Waals surface area contributed by atoms with Gasteiger partial charge in [0.15, 0.2) is 0 Å². The first-order chi connectivity index (χ1) is 21.7. The van der Waals surface area contributed by atoms with Crippen LogP contribution in [0.3, 0.4) is 0 Å². The number of amides is 3. The van der Waals surface area contributed by atoms with Crippen molar-refractivity contribution >= 4 is 23.6 Å². The molecule has 3 rings (SSSR count). The van der Waals surface area contributed by atoms with Gasteiger partial charge in [-0.3, -0.25) is 9.59 Å². The number of hydrogen-bond donors (Lipinski definition) is 3. The van der Waals surface area contributed by atoms with E-state index in [2.05, 4.69) is 24.5 Å². The van der Waals surface area contributed by atoms with Crippen LogP contribution in [0.1, 0.15) is 77.1 Å². The number of nitrogens with one attached hydrogen (secondary N) is 2. The van der Waals surface area contributed by atoms with Crippen molar-refractivity contribution < 1.29 is 29.0 Å². The number of phenolic OH excluding ortho intramolecular Hbond substituents is 1. The van der Waals surface area contributed by atoms with Gasteiger partial charge in [-0.15, -0.1) is 0 Å². The molecular weight excluding hydrogens is 582 g/mol. The lowest BCUT2D eigenvalue weighted by molar-refractivity contribution is -0.143. The molecule has 0 aliphatic carbocycles. The van der Waals surface area contributed by atoms with Gasteiger partial charge in [0.25, 0.3) is 5.91 Å². The fourth-order valence-corrected chi connectivity index (χ4v) is 5.20. The lowest BCUT2D eigenvalue weighted by atomic mass is 9.94. The predicted octanol–water partition coefficient (Wildman–Crippen LogP) is 7.18. The number of rotatable bonds is 13. The van der Waals surface area contributed by atoms with Gasteiger partial charge in [-0.25, -0.2) is 4.79 Å². The van der Waals surface area contributed by atoms with E-state index in [1.807, 2.05) is 37.3 Å². The summed E-state index contributed by atoms with van der Waals surface area (Å²) in [4.78, 5) is 43.8. The Kier molecular flexibility index (Phi) is 12.6. The summed E-state index contributed by atoms with van der Waals surface area (Å²) in [6, 6.07) is 18.6. The highest BCUT2D eigenvalue weighted by molar-refractivity contribution is 5.99. The van der Waals surface area contributed by atoms with Gasteiger partial charge in [-0.1, -0.05) is 62.4 Å². The lowest BCUT2D eigenvalue weighted by Crippen LogP contribution is -2.55. The Hall–Kier alpha value is -4.53. The number of anilines is 1. The van der Waals surface area contributed by atoms with E-state index in [0.717, 1.165) is 12.0 Å². The van der Waals surface area contributed by atoms with Crippen LogP contribution in [-0.2, 0) is 20.7 Å². The first-order valence-electron chi connectivity index (χ1n) is 15.8. The van der Waals surface area contributed by atoms with Crippen molar-refractivity contribution in [2.45, 2.75) is 91.5 Å². The predicted molar refractivity (Wildman–Crippen MR) is 181 cm³/mol. The van der Waals surface area contributed by atoms with Gasteiger partial charge < -0.3 is 30.1 Å². The SMILES string of the molecule is COc1ccc(NC(=O)C(c2cccc(C)c2O)N(C(=O)C(Cc2ccccc2)NC(=O)OC(C)(C)C)C(C)CCC(C)C)cc1. The Balaban J connectivity index is 2.16. The summed E-state index contributed by atoms with van der Waals surface area (Å²) in [5.41, 5.74) is 1.38. The number of methoxy groups -OCH3 is 1. The van der Waals surface area contributed by atoms with Crippen LogP contribution in [0.25, 0.3) is 0 Å². The first-order valence-corrected chi connectivity index (χ1v) is 15.8. The first kappa shape index (κ1) is 35.9. The second-order valence-electron chi connectivity index (χ2n) is 13.1. The Morgan fingerprint density at radius 2 is 1.54 bits per heavy atom. The molecule has 0 saturated heterocycles. The van der Waals surface area contributed by atoms with Crippen molar-refractivity contribution in [3.8, 4) is 11.5 Å². The van der Waals surface area contributed by atoms with Crippen molar-refractivity contribution in [2.24, 2.45) is 5.92 Å². The third-order valence-corrected chi connectivity index (χ3v) is 7.61. The zero-order valence-electron chi connectivity index (χ0n) is 28.3. The number of ether oxygens (including phenoxy) is 2. The zero-order chi connectivity index (χ0) is 34.0. The monoisotopic (exact) mass is 631 g/mol. The summed E-state index contributed by atoms with van der Waals surface area (Å²) >= 11 is 0. The third kappa shape index (κ3) is 10.3. The molecule has 0 fully saturated rings. The largest absolute Gasteiger partial charge is 0.507 e. The average molecular weight is 632 g/mol. The number of phenols is 1. The van der Waals surface area contributed by atoms with E-state index < -0.39 is 41.6 Å². The molecule has 248 valence electrons. The molecule has 9 nitrogen and oxygen atoms in total. The minimum atomic E-state index is -1.23. The quantitative estimate of drug-likeness (QED) is 0.184. The summed E-state index contributed by atoms with van der Waals surface area (Å²) in [5.74, 6) is -0.0837. The van der Waals surface area contributed by atoms with Crippen LogP contribution in [0.4, 0.5) is 10.5 Å². The molecule has 0 aliphatic heterocycles. The number of para-hydroxylation sites is 1. The number of benzene rings is 3. The molecule has 3 atom stereocenters. The van der Waals surface area contributed by atoms with Crippen LogP contribution in [-0.4, -0.2) is 52.7 Å². The smallest absolute Gasteiger partial charge is 0.408 e. The summed E-state index contributed by atoms with van der Waals surface area (Å²) in [6.07, 6.45) is 0.806. The van der Waals surface area contributed by atoms with Crippen molar-refractivity contribution in [2.75, 3.05) is 12.4 Å². The van der Waals surface area contributed by atoms with Gasteiger partial charge in [0.05, 0.1) is 7.11 Å². The Labute approximate surface area is 273 Å². The molecule has 46 heavy (non-hydrogen) atoms. The third-order valence-electron chi connectivity index (χ3n) is 7.61. The van der Waals surface area contributed by atoms with Crippen molar-refractivity contribution in [1.29, 1.82) is 0 Å². The Morgan fingerprint density at radius 3 is 2.13 bits per heavy atom. The number of aryl methyl sites for hydroxylation is 1. The van der Waals surface area contributed by atoms with E-state index in [1.54, 1.807) is 77.3 Å². The van der Waals surface area contributed by atoms with Gasteiger partial charge in [-0.2, -0.15) is 0 Å². The number of carbonyl (C=O) groups excluding carboxylic acids is 3. The maximum Gasteiger partial charge on any atom is 0.408 e. The molecule has 0 aromatic heterocycles. The molecule has 3 unspecified atom stereocenters. The molecule has 0 spiro atoms. The number of aromatic hydroxyl groups is 1. The second-order valence-corrected chi connectivity index (χ2v) is 13.1. The molecule has 9 heteroatoms. The van der Waals surface area contributed by atoms with Crippen LogP contribution in [0.5, 0.6) is 11.5 Å². The lowest BCUT2D eigenvalue weighted by Gasteiger charge is -2.39. The number of nitrogens with zero attached hydrogens (tertiary/aromatic N) is 1. The number of carbonyl (C=O) groups is 3. The van der Waals surface area contributed by atoms with Crippen LogP contribution < -0.4 is 15.4 Å². The zero-order valence-corrected chi connectivity index (χ0v) is 28.3. The molecule has 0 radical (unpaired) electrons. The molecular formula is C37H49N3O6. The van der Waals surface area contributed by atoms with Crippen molar-refractivity contribution in [3.05, 3.63) is 89.5 Å². The number of alkyl carbamates (subject to hydrolysis) is 1. The highest BCUT2D eigenvalue weighted by atomic mass is 16.6. The molecule has 0 aliphatic rings. The van der Waals surface area contributed by atoms with Crippen LogP contribution in [0.15, 0.2) is 72.8 Å². The van der Waals surface area contributed by atoms with E-state index >= 15 is 0 Å². The second kappa shape index (κ2) is 16.2. The normalized spacial score (nSPS) is 13.3. The molecule has 3 aromatic carbocycles. The fourth-order valence-electron chi connectivity index (χ4n) is 5.20. The molecule has 3 amide bonds. The van der Waals surface area contributed by atoms with Crippen molar-refractivity contribution in [3.63, 3.8) is 0 Å². The van der Waals surface area contributed by atoms with Crippen molar-refractivity contribution in [1.82, 2.24) is 10.2 Å². The Bertz CT molecular complexity index is 1450. The maximum atomic E-state index is 14.9. The summed E-state index contributed by atoms with van der Waals surface area (Å²) in [6.45, 7) is 13.1. The molecule has 3 N–H and O–H groups in total. The molecule has 0 heterocycles. The average Bonchev–Trinajstić information content (AvgIpc) is 2.99. The summed E-state index contributed by atoms with van der Waals surface area (Å²) < 4.78 is 10.8. The van der Waals surface area contributed by atoms with E-state index in [-0.39, 0.29) is 17.7 Å². The van der Waals surface area contributed by atoms with E-state index in [0.29, 0.717) is 29.3 Å². The van der Waals surface area contributed by atoms with Crippen LogP contribution in [0, 0.1) is 12.8 Å². The minimum absolute atomic E-state index is 0.0778. The molecule has 3 aromatic rings. The Morgan fingerprint density at radius 1 is 0.891 bits per heavy atom. The summed E-state index contributed by atoms with van der Waals surface area (Å²) in [7, 11) is 1.56. The van der Waals surface area contributed by atoms with E-state index in [1.165, 1.54) is 4.90 Å². The van der Waals surface area contributed by atoms with Crippen LogP contribution in [0.2, 0.25) is 0 Å². The van der Waals surface area contributed by atoms with E-state index in [9.17, 15) is 19.5 Å². The van der Waals surface area contributed by atoms with Gasteiger partial charge in [0.2, 0.25) is 5.91 Å². The van der Waals surface area contributed by atoms with Gasteiger partial charge in [0.1, 0.15) is 29.2 Å². The van der Waals surface area contributed by atoms with E-state index in [4.69, 9.17) is 9.47 Å². The highest BCUT2D eigenvalue weighted by Gasteiger charge is 2.40. The van der Waals surface area contributed by atoms with Gasteiger partial charge in [0, 0.05) is 23.7 Å². The maximum absolute atomic E-state index is 14.9. The number of hydrogen-bond acceptors (Lipinski definition) is 6. The fraction of sp³-hybridized carbons (Fsp3) is 0.432. The van der Waals surface area contributed by atoms with Gasteiger partial charge >= 0.3 is 6.09 Å². The molecule has 0 saturated carbocycles.